The Labute approximate surface area is 135 Å². The number of benzene rings is 1. The molecule has 1 amide bonds. The number of amides is 1. The number of rotatable bonds is 7. The molecule has 0 bridgehead atoms. The Bertz CT molecular complexity index is 637. The molecule has 0 radical (unpaired) electrons. The minimum Gasteiger partial charge on any atom is -0.493 e. The van der Waals surface area contributed by atoms with Gasteiger partial charge in [0.15, 0.2) is 11.5 Å². The zero-order valence-corrected chi connectivity index (χ0v) is 14.0. The van der Waals surface area contributed by atoms with Crippen LogP contribution in [0.2, 0.25) is 0 Å². The first-order valence-electron chi connectivity index (χ1n) is 7.14. The van der Waals surface area contributed by atoms with E-state index >= 15 is 0 Å². The van der Waals surface area contributed by atoms with Gasteiger partial charge in [-0.05, 0) is 48.1 Å². The molecule has 0 saturated carbocycles. The van der Waals surface area contributed by atoms with Crippen LogP contribution in [0.5, 0.6) is 11.5 Å². The molecule has 2 rings (SSSR count). The lowest BCUT2D eigenvalue weighted by molar-refractivity contribution is -0.120. The van der Waals surface area contributed by atoms with Crippen LogP contribution in [0.25, 0.3) is 0 Å². The van der Waals surface area contributed by atoms with Crippen molar-refractivity contribution in [3.05, 3.63) is 45.6 Å². The fraction of sp³-hybridized carbons (Fsp3) is 0.353. The van der Waals surface area contributed by atoms with Gasteiger partial charge in [0.1, 0.15) is 0 Å². The summed E-state index contributed by atoms with van der Waals surface area (Å²) in [4.78, 5) is 13.3. The highest BCUT2D eigenvalue weighted by Crippen LogP contribution is 2.27. The van der Waals surface area contributed by atoms with Crippen LogP contribution in [0, 0.1) is 6.92 Å². The molecule has 5 heteroatoms. The molecular weight excluding hydrogens is 298 g/mol. The Kier molecular flexibility index (Phi) is 5.83. The Hall–Kier alpha value is -2.01. The van der Waals surface area contributed by atoms with Gasteiger partial charge in [-0.1, -0.05) is 6.07 Å². The van der Waals surface area contributed by atoms with E-state index in [-0.39, 0.29) is 5.91 Å². The number of carbonyl (C=O) groups is 1. The largest absolute Gasteiger partial charge is 0.493 e. The summed E-state index contributed by atoms with van der Waals surface area (Å²) in [5, 5.41) is 5.04. The number of thiophene rings is 1. The van der Waals surface area contributed by atoms with Gasteiger partial charge in [-0.25, -0.2) is 0 Å². The number of hydrogen-bond acceptors (Lipinski definition) is 4. The summed E-state index contributed by atoms with van der Waals surface area (Å²) in [6, 6.07) is 7.64. The van der Waals surface area contributed by atoms with E-state index < -0.39 is 0 Å². The van der Waals surface area contributed by atoms with Crippen LogP contribution < -0.4 is 14.8 Å². The predicted octanol–water partition coefficient (Wildman–Crippen LogP) is 2.98. The summed E-state index contributed by atoms with van der Waals surface area (Å²) in [6.07, 6.45) is 1.20. The lowest BCUT2D eigenvalue weighted by atomic mass is 10.1. The number of ether oxygens (including phenoxy) is 2. The maximum Gasteiger partial charge on any atom is 0.224 e. The van der Waals surface area contributed by atoms with Crippen LogP contribution in [-0.4, -0.2) is 26.7 Å². The minimum absolute atomic E-state index is 0.0140. The molecule has 2 aromatic rings. The molecule has 1 heterocycles. The van der Waals surface area contributed by atoms with E-state index in [1.54, 1.807) is 25.6 Å². The van der Waals surface area contributed by atoms with E-state index in [4.69, 9.17) is 9.47 Å². The number of nitrogens with one attached hydrogen (secondary N) is 1. The summed E-state index contributed by atoms with van der Waals surface area (Å²) in [5.41, 5.74) is 2.21. The molecule has 0 atom stereocenters. The molecule has 1 aromatic heterocycles. The molecule has 0 aliphatic heterocycles. The first-order chi connectivity index (χ1) is 10.6. The SMILES string of the molecule is COc1ccc(CC(=O)NCCc2ccsc2C)cc1OC. The lowest BCUT2D eigenvalue weighted by Gasteiger charge is -2.10. The second kappa shape index (κ2) is 7.84. The van der Waals surface area contributed by atoms with E-state index in [9.17, 15) is 4.79 Å². The van der Waals surface area contributed by atoms with Gasteiger partial charge in [0, 0.05) is 11.4 Å². The number of carbonyl (C=O) groups excluding carboxylic acids is 1. The molecule has 0 aliphatic rings. The van der Waals surface area contributed by atoms with Crippen molar-refractivity contribution in [2.24, 2.45) is 0 Å². The highest BCUT2D eigenvalue weighted by molar-refractivity contribution is 7.10. The second-order valence-electron chi connectivity index (χ2n) is 4.97. The Morgan fingerprint density at radius 3 is 2.59 bits per heavy atom. The van der Waals surface area contributed by atoms with Crippen LogP contribution in [0.1, 0.15) is 16.0 Å². The summed E-state index contributed by atoms with van der Waals surface area (Å²) in [5.74, 6) is 1.32. The fourth-order valence-corrected chi connectivity index (χ4v) is 3.00. The average molecular weight is 319 g/mol. The molecule has 1 N–H and O–H groups in total. The summed E-state index contributed by atoms with van der Waals surface area (Å²) < 4.78 is 10.4. The van der Waals surface area contributed by atoms with Crippen LogP contribution in [0.3, 0.4) is 0 Å². The van der Waals surface area contributed by atoms with Gasteiger partial charge < -0.3 is 14.8 Å². The molecule has 0 saturated heterocycles. The van der Waals surface area contributed by atoms with Crippen molar-refractivity contribution in [1.82, 2.24) is 5.32 Å². The molecular formula is C17H21NO3S. The van der Waals surface area contributed by atoms with Crippen LogP contribution in [0.4, 0.5) is 0 Å². The van der Waals surface area contributed by atoms with Crippen molar-refractivity contribution in [3.63, 3.8) is 0 Å². The first kappa shape index (κ1) is 16.4. The van der Waals surface area contributed by atoms with Crippen molar-refractivity contribution in [2.45, 2.75) is 19.8 Å². The maximum absolute atomic E-state index is 12.0. The molecule has 0 spiro atoms. The van der Waals surface area contributed by atoms with Crippen molar-refractivity contribution in [2.75, 3.05) is 20.8 Å². The highest BCUT2D eigenvalue weighted by Gasteiger charge is 2.08. The van der Waals surface area contributed by atoms with Gasteiger partial charge in [0.25, 0.3) is 0 Å². The van der Waals surface area contributed by atoms with Gasteiger partial charge in [-0.2, -0.15) is 0 Å². The predicted molar refractivity (Wildman–Crippen MR) is 89.0 cm³/mol. The quantitative estimate of drug-likeness (QED) is 0.853. The topological polar surface area (TPSA) is 47.6 Å². The van der Waals surface area contributed by atoms with E-state index in [2.05, 4.69) is 23.7 Å². The van der Waals surface area contributed by atoms with Crippen molar-refractivity contribution in [3.8, 4) is 11.5 Å². The Balaban J connectivity index is 1.85. The third-order valence-electron chi connectivity index (χ3n) is 3.50. The maximum atomic E-state index is 12.0. The summed E-state index contributed by atoms with van der Waals surface area (Å²) >= 11 is 1.73. The molecule has 0 unspecified atom stereocenters. The van der Waals surface area contributed by atoms with E-state index in [0.717, 1.165) is 12.0 Å². The zero-order chi connectivity index (χ0) is 15.9. The van der Waals surface area contributed by atoms with E-state index in [0.29, 0.717) is 24.5 Å². The van der Waals surface area contributed by atoms with Crippen LogP contribution >= 0.6 is 11.3 Å². The second-order valence-corrected chi connectivity index (χ2v) is 6.09. The normalized spacial score (nSPS) is 10.3. The molecule has 22 heavy (non-hydrogen) atoms. The van der Waals surface area contributed by atoms with E-state index in [1.807, 2.05) is 18.2 Å². The van der Waals surface area contributed by atoms with Gasteiger partial charge in [-0.3, -0.25) is 4.79 Å². The van der Waals surface area contributed by atoms with Crippen molar-refractivity contribution >= 4 is 17.2 Å². The molecule has 4 nitrogen and oxygen atoms in total. The fourth-order valence-electron chi connectivity index (χ4n) is 2.25. The molecule has 118 valence electrons. The smallest absolute Gasteiger partial charge is 0.224 e. The summed E-state index contributed by atoms with van der Waals surface area (Å²) in [6.45, 7) is 2.76. The van der Waals surface area contributed by atoms with Gasteiger partial charge in [0.05, 0.1) is 20.6 Å². The summed E-state index contributed by atoms with van der Waals surface area (Å²) in [7, 11) is 3.18. The third-order valence-corrected chi connectivity index (χ3v) is 4.38. The molecule has 0 aliphatic carbocycles. The lowest BCUT2D eigenvalue weighted by Crippen LogP contribution is -2.27. The van der Waals surface area contributed by atoms with Gasteiger partial charge >= 0.3 is 0 Å². The first-order valence-corrected chi connectivity index (χ1v) is 8.02. The molecule has 0 fully saturated rings. The van der Waals surface area contributed by atoms with Gasteiger partial charge in [0.2, 0.25) is 5.91 Å². The zero-order valence-electron chi connectivity index (χ0n) is 13.1. The number of methoxy groups -OCH3 is 2. The van der Waals surface area contributed by atoms with Gasteiger partial charge in [-0.15, -0.1) is 11.3 Å². The van der Waals surface area contributed by atoms with Crippen molar-refractivity contribution < 1.29 is 14.3 Å². The van der Waals surface area contributed by atoms with E-state index in [1.165, 1.54) is 10.4 Å². The third kappa shape index (κ3) is 4.24. The van der Waals surface area contributed by atoms with Crippen LogP contribution in [0.15, 0.2) is 29.6 Å². The number of aryl methyl sites for hydroxylation is 1. The van der Waals surface area contributed by atoms with Crippen LogP contribution in [-0.2, 0) is 17.6 Å². The Morgan fingerprint density at radius 1 is 1.18 bits per heavy atom. The van der Waals surface area contributed by atoms with Crippen molar-refractivity contribution in [1.29, 1.82) is 0 Å². The molecule has 1 aromatic carbocycles. The Morgan fingerprint density at radius 2 is 1.95 bits per heavy atom. The highest BCUT2D eigenvalue weighted by atomic mass is 32.1. The standard InChI is InChI=1S/C17H21NO3S/c1-12-14(7-9-22-12)6-8-18-17(19)11-13-4-5-15(20-2)16(10-13)21-3/h4-5,7,9-10H,6,8,11H2,1-3H3,(H,18,19). The monoisotopic (exact) mass is 319 g/mol. The minimum atomic E-state index is 0.0140. The average Bonchev–Trinajstić information content (AvgIpc) is 2.92. The number of hydrogen-bond donors (Lipinski definition) is 1.